The summed E-state index contributed by atoms with van der Waals surface area (Å²) in [6, 6.07) is 4.00. The topological polar surface area (TPSA) is 107 Å². The minimum absolute atomic E-state index is 0. The van der Waals surface area contributed by atoms with E-state index in [1.807, 2.05) is 0 Å². The van der Waals surface area contributed by atoms with E-state index in [4.69, 9.17) is 5.73 Å². The molecule has 0 spiro atoms. The van der Waals surface area contributed by atoms with Crippen LogP contribution in [0.25, 0.3) is 0 Å². The third-order valence-electron chi connectivity index (χ3n) is 3.60. The molecule has 1 heterocycles. The molecule has 1 aromatic rings. The lowest BCUT2D eigenvalue weighted by molar-refractivity contribution is -0.385. The summed E-state index contributed by atoms with van der Waals surface area (Å²) in [6.45, 7) is 2.81. The predicted molar refractivity (Wildman–Crippen MR) is 81.0 cm³/mol. The van der Waals surface area contributed by atoms with Crippen LogP contribution in [-0.4, -0.2) is 37.3 Å². The minimum atomic E-state index is -3.68. The first-order chi connectivity index (χ1) is 9.36. The zero-order valence-electron chi connectivity index (χ0n) is 11.6. The van der Waals surface area contributed by atoms with Gasteiger partial charge in [0, 0.05) is 24.7 Å². The first-order valence-electron chi connectivity index (χ1n) is 6.31. The van der Waals surface area contributed by atoms with Crippen LogP contribution in [0.3, 0.4) is 0 Å². The van der Waals surface area contributed by atoms with Gasteiger partial charge in [0.15, 0.2) is 0 Å². The highest BCUT2D eigenvalue weighted by Gasteiger charge is 2.32. The van der Waals surface area contributed by atoms with E-state index < -0.39 is 14.9 Å². The molecule has 9 heteroatoms. The number of nitrogens with two attached hydrogens (primary N) is 1. The number of halogens is 1. The molecular weight excluding hydrogens is 318 g/mol. The third-order valence-corrected chi connectivity index (χ3v) is 5.46. The molecule has 1 aliphatic heterocycles. The Morgan fingerprint density at radius 2 is 2.14 bits per heavy atom. The van der Waals surface area contributed by atoms with Crippen molar-refractivity contribution in [2.75, 3.05) is 19.6 Å². The van der Waals surface area contributed by atoms with Gasteiger partial charge in [-0.1, -0.05) is 6.07 Å². The Hall–Kier alpha value is -1.22. The van der Waals surface area contributed by atoms with Crippen LogP contribution in [-0.2, 0) is 10.0 Å². The standard InChI is InChI=1S/C12H17N3O4S.ClH/c1-9-2-3-11(6-12(9)15(16)17)20(18,19)14-5-4-10(7-13)8-14;/h2-3,6,10H,4-5,7-8,13H2,1H3;1H. The summed E-state index contributed by atoms with van der Waals surface area (Å²) in [5.74, 6) is 0.158. The fraction of sp³-hybridized carbons (Fsp3) is 0.500. The monoisotopic (exact) mass is 335 g/mol. The van der Waals surface area contributed by atoms with Crippen LogP contribution in [0.5, 0.6) is 0 Å². The highest BCUT2D eigenvalue weighted by atomic mass is 35.5. The Morgan fingerprint density at radius 1 is 1.48 bits per heavy atom. The molecule has 7 nitrogen and oxygen atoms in total. The quantitative estimate of drug-likeness (QED) is 0.659. The number of sulfonamides is 1. The second kappa shape index (κ2) is 6.69. The molecule has 21 heavy (non-hydrogen) atoms. The first kappa shape index (κ1) is 17.8. The fourth-order valence-electron chi connectivity index (χ4n) is 2.30. The van der Waals surface area contributed by atoms with Gasteiger partial charge in [-0.15, -0.1) is 12.4 Å². The Kier molecular flexibility index (Phi) is 5.68. The molecule has 1 atom stereocenters. The molecule has 0 aromatic heterocycles. The zero-order chi connectivity index (χ0) is 14.9. The van der Waals surface area contributed by atoms with Gasteiger partial charge in [0.1, 0.15) is 0 Å². The van der Waals surface area contributed by atoms with Gasteiger partial charge < -0.3 is 5.73 Å². The van der Waals surface area contributed by atoms with Gasteiger partial charge in [0.2, 0.25) is 10.0 Å². The molecule has 0 radical (unpaired) electrons. The van der Waals surface area contributed by atoms with Crippen molar-refractivity contribution >= 4 is 28.1 Å². The van der Waals surface area contributed by atoms with Gasteiger partial charge in [-0.05, 0) is 31.9 Å². The summed E-state index contributed by atoms with van der Waals surface area (Å²) < 4.78 is 26.2. The van der Waals surface area contributed by atoms with Gasteiger partial charge in [-0.2, -0.15) is 4.31 Å². The molecule has 118 valence electrons. The van der Waals surface area contributed by atoms with Crippen molar-refractivity contribution < 1.29 is 13.3 Å². The van der Waals surface area contributed by atoms with Crippen LogP contribution in [0.4, 0.5) is 5.69 Å². The molecule has 0 bridgehead atoms. The number of nitrogens with zero attached hydrogens (tertiary/aromatic N) is 2. The number of hydrogen-bond acceptors (Lipinski definition) is 5. The van der Waals surface area contributed by atoms with Gasteiger partial charge in [-0.25, -0.2) is 8.42 Å². The van der Waals surface area contributed by atoms with Crippen LogP contribution in [0, 0.1) is 23.0 Å². The van der Waals surface area contributed by atoms with E-state index in [0.29, 0.717) is 25.2 Å². The molecule has 1 aromatic carbocycles. The highest BCUT2D eigenvalue weighted by Crippen LogP contribution is 2.27. The molecule has 0 aliphatic carbocycles. The Morgan fingerprint density at radius 3 is 2.67 bits per heavy atom. The van der Waals surface area contributed by atoms with E-state index in [1.165, 1.54) is 16.4 Å². The molecule has 2 N–H and O–H groups in total. The summed E-state index contributed by atoms with van der Waals surface area (Å²) in [5.41, 5.74) is 5.81. The van der Waals surface area contributed by atoms with Crippen molar-refractivity contribution in [3.8, 4) is 0 Å². The number of nitro groups is 1. The maximum atomic E-state index is 12.4. The predicted octanol–water partition coefficient (Wildman–Crippen LogP) is 1.29. The van der Waals surface area contributed by atoms with Crippen molar-refractivity contribution in [3.05, 3.63) is 33.9 Å². The summed E-state index contributed by atoms with van der Waals surface area (Å²) in [7, 11) is -3.68. The highest BCUT2D eigenvalue weighted by molar-refractivity contribution is 7.89. The average molecular weight is 336 g/mol. The van der Waals surface area contributed by atoms with Gasteiger partial charge in [0.05, 0.1) is 9.82 Å². The molecule has 1 saturated heterocycles. The first-order valence-corrected chi connectivity index (χ1v) is 7.75. The molecule has 1 unspecified atom stereocenters. The van der Waals surface area contributed by atoms with E-state index >= 15 is 0 Å². The Balaban J connectivity index is 0.00000220. The van der Waals surface area contributed by atoms with Crippen LogP contribution in [0.2, 0.25) is 0 Å². The van der Waals surface area contributed by atoms with E-state index in [1.54, 1.807) is 6.92 Å². The van der Waals surface area contributed by atoms with Crippen molar-refractivity contribution in [2.24, 2.45) is 11.7 Å². The number of rotatable bonds is 4. The van der Waals surface area contributed by atoms with E-state index in [2.05, 4.69) is 0 Å². The molecule has 1 fully saturated rings. The molecule has 2 rings (SSSR count). The number of aryl methyl sites for hydroxylation is 1. The second-order valence-corrected chi connectivity index (χ2v) is 6.90. The summed E-state index contributed by atoms with van der Waals surface area (Å²) in [6.07, 6.45) is 0.726. The number of benzene rings is 1. The molecule has 0 amide bonds. The van der Waals surface area contributed by atoms with Crippen LogP contribution in [0.15, 0.2) is 23.1 Å². The van der Waals surface area contributed by atoms with Crippen molar-refractivity contribution in [2.45, 2.75) is 18.2 Å². The third kappa shape index (κ3) is 3.52. The normalized spacial score (nSPS) is 19.2. The fourth-order valence-corrected chi connectivity index (χ4v) is 3.85. The van der Waals surface area contributed by atoms with Crippen LogP contribution < -0.4 is 5.73 Å². The van der Waals surface area contributed by atoms with Crippen LogP contribution >= 0.6 is 12.4 Å². The lowest BCUT2D eigenvalue weighted by Gasteiger charge is -2.16. The largest absolute Gasteiger partial charge is 0.330 e. The van der Waals surface area contributed by atoms with E-state index in [9.17, 15) is 18.5 Å². The number of nitro benzene ring substituents is 1. The molecule has 0 saturated carbocycles. The maximum absolute atomic E-state index is 12.4. The SMILES string of the molecule is Cc1ccc(S(=O)(=O)N2CCC(CN)C2)cc1[N+](=O)[O-].Cl. The summed E-state index contributed by atoms with van der Waals surface area (Å²) in [4.78, 5) is 10.3. The summed E-state index contributed by atoms with van der Waals surface area (Å²) >= 11 is 0. The van der Waals surface area contributed by atoms with Crippen molar-refractivity contribution in [1.29, 1.82) is 0 Å². The van der Waals surface area contributed by atoms with Gasteiger partial charge >= 0.3 is 0 Å². The minimum Gasteiger partial charge on any atom is -0.330 e. The Labute approximate surface area is 129 Å². The van der Waals surface area contributed by atoms with E-state index in [0.717, 1.165) is 12.5 Å². The van der Waals surface area contributed by atoms with E-state index in [-0.39, 0.29) is 28.9 Å². The summed E-state index contributed by atoms with van der Waals surface area (Å²) in [5, 5.41) is 10.9. The second-order valence-electron chi connectivity index (χ2n) is 4.96. The van der Waals surface area contributed by atoms with Crippen molar-refractivity contribution in [3.63, 3.8) is 0 Å². The maximum Gasteiger partial charge on any atom is 0.273 e. The lowest BCUT2D eigenvalue weighted by Crippen LogP contribution is -2.30. The smallest absolute Gasteiger partial charge is 0.273 e. The zero-order valence-corrected chi connectivity index (χ0v) is 13.2. The van der Waals surface area contributed by atoms with Gasteiger partial charge in [0.25, 0.3) is 5.69 Å². The number of hydrogen-bond donors (Lipinski definition) is 1. The van der Waals surface area contributed by atoms with Crippen LogP contribution in [0.1, 0.15) is 12.0 Å². The molecular formula is C12H18ClN3O4S. The molecule has 1 aliphatic rings. The van der Waals surface area contributed by atoms with Gasteiger partial charge in [-0.3, -0.25) is 10.1 Å². The van der Waals surface area contributed by atoms with Crippen molar-refractivity contribution in [1.82, 2.24) is 4.31 Å². The lowest BCUT2D eigenvalue weighted by atomic mass is 10.1. The average Bonchev–Trinajstić information content (AvgIpc) is 2.88. The Bertz CT molecular complexity index is 635.